The van der Waals surface area contributed by atoms with E-state index >= 15 is 0 Å². The molecule has 3 rings (SSSR count). The number of rotatable bonds is 1. The first-order valence-corrected chi connectivity index (χ1v) is 7.12. The number of allylic oxidation sites excluding steroid dienone is 1. The highest BCUT2D eigenvalue weighted by Gasteiger charge is 2.16. The molecule has 1 nitrogen and oxygen atoms in total. The zero-order valence-corrected chi connectivity index (χ0v) is 11.8. The van der Waals surface area contributed by atoms with Gasteiger partial charge in [0.1, 0.15) is 11.5 Å². The molecule has 18 heavy (non-hydrogen) atoms. The van der Waals surface area contributed by atoms with Crippen molar-refractivity contribution >= 4 is 39.2 Å². The van der Waals surface area contributed by atoms with Crippen molar-refractivity contribution in [2.24, 2.45) is 0 Å². The van der Waals surface area contributed by atoms with Gasteiger partial charge in [0.05, 0.1) is 5.02 Å². The summed E-state index contributed by atoms with van der Waals surface area (Å²) in [5.74, 6) is 1.66. The van der Waals surface area contributed by atoms with Gasteiger partial charge in [-0.05, 0) is 29.8 Å². The van der Waals surface area contributed by atoms with Crippen LogP contribution in [0.2, 0.25) is 5.02 Å². The third kappa shape index (κ3) is 1.96. The standard InChI is InChI=1S/C15H10BrClO/c16-9-10-8-12-13(17)5-3-7-15(12)18-14-6-2-1-4-11(10)14/h1-8H,9H2. The zero-order chi connectivity index (χ0) is 12.5. The second kappa shape index (κ2) is 4.79. The highest BCUT2D eigenvalue weighted by molar-refractivity contribution is 9.09. The van der Waals surface area contributed by atoms with Crippen LogP contribution in [0.3, 0.4) is 0 Å². The highest BCUT2D eigenvalue weighted by Crippen LogP contribution is 2.40. The second-order valence-electron chi connectivity index (χ2n) is 4.05. The minimum Gasteiger partial charge on any atom is -0.456 e. The van der Waals surface area contributed by atoms with Crippen molar-refractivity contribution in [1.29, 1.82) is 0 Å². The molecule has 0 saturated carbocycles. The summed E-state index contributed by atoms with van der Waals surface area (Å²) in [5.41, 5.74) is 3.20. The molecule has 0 spiro atoms. The smallest absolute Gasteiger partial charge is 0.136 e. The quantitative estimate of drug-likeness (QED) is 0.641. The van der Waals surface area contributed by atoms with Gasteiger partial charge in [0.25, 0.3) is 0 Å². The monoisotopic (exact) mass is 320 g/mol. The molecule has 2 aromatic carbocycles. The number of hydrogen-bond donors (Lipinski definition) is 0. The fourth-order valence-electron chi connectivity index (χ4n) is 2.05. The van der Waals surface area contributed by atoms with Gasteiger partial charge in [-0.1, -0.05) is 51.8 Å². The Labute approximate surface area is 119 Å². The van der Waals surface area contributed by atoms with Crippen molar-refractivity contribution in [1.82, 2.24) is 0 Å². The summed E-state index contributed by atoms with van der Waals surface area (Å²) >= 11 is 9.76. The van der Waals surface area contributed by atoms with Crippen LogP contribution in [-0.2, 0) is 0 Å². The van der Waals surface area contributed by atoms with Crippen molar-refractivity contribution in [3.05, 3.63) is 58.6 Å². The minimum absolute atomic E-state index is 0.707. The highest BCUT2D eigenvalue weighted by atomic mass is 79.9. The van der Waals surface area contributed by atoms with Gasteiger partial charge in [0.2, 0.25) is 0 Å². The van der Waals surface area contributed by atoms with E-state index < -0.39 is 0 Å². The Morgan fingerprint density at radius 1 is 1.00 bits per heavy atom. The number of ether oxygens (including phenoxy) is 1. The van der Waals surface area contributed by atoms with E-state index in [-0.39, 0.29) is 0 Å². The van der Waals surface area contributed by atoms with E-state index in [9.17, 15) is 0 Å². The lowest BCUT2D eigenvalue weighted by Crippen LogP contribution is -1.89. The van der Waals surface area contributed by atoms with E-state index in [0.717, 1.165) is 33.5 Å². The molecule has 0 aliphatic carbocycles. The van der Waals surface area contributed by atoms with Gasteiger partial charge >= 0.3 is 0 Å². The van der Waals surface area contributed by atoms with E-state index in [4.69, 9.17) is 16.3 Å². The summed E-state index contributed by atoms with van der Waals surface area (Å²) in [4.78, 5) is 0. The van der Waals surface area contributed by atoms with Crippen LogP contribution in [0.4, 0.5) is 0 Å². The minimum atomic E-state index is 0.707. The first-order chi connectivity index (χ1) is 8.79. The summed E-state index contributed by atoms with van der Waals surface area (Å²) in [6, 6.07) is 13.7. The van der Waals surface area contributed by atoms with Gasteiger partial charge in [-0.15, -0.1) is 0 Å². The van der Waals surface area contributed by atoms with E-state index in [2.05, 4.69) is 28.1 Å². The summed E-state index contributed by atoms with van der Waals surface area (Å²) in [5, 5.41) is 1.47. The molecule has 0 N–H and O–H groups in total. The molecule has 0 atom stereocenters. The molecule has 0 bridgehead atoms. The number of alkyl halides is 1. The normalized spacial score (nSPS) is 12.9. The first-order valence-electron chi connectivity index (χ1n) is 5.62. The lowest BCUT2D eigenvalue weighted by atomic mass is 10.0. The molecular weight excluding hydrogens is 312 g/mol. The molecule has 0 fully saturated rings. The summed E-state index contributed by atoms with van der Waals surface area (Å²) in [7, 11) is 0. The first kappa shape index (κ1) is 11.8. The summed E-state index contributed by atoms with van der Waals surface area (Å²) in [6.07, 6.45) is 2.08. The molecule has 0 radical (unpaired) electrons. The molecule has 0 saturated heterocycles. The van der Waals surface area contributed by atoms with Crippen LogP contribution in [0.15, 0.2) is 42.5 Å². The predicted octanol–water partition coefficient (Wildman–Crippen LogP) is 5.38. The van der Waals surface area contributed by atoms with Crippen LogP contribution in [0.5, 0.6) is 11.5 Å². The van der Waals surface area contributed by atoms with Crippen molar-refractivity contribution < 1.29 is 4.74 Å². The lowest BCUT2D eigenvalue weighted by Gasteiger charge is -2.09. The van der Waals surface area contributed by atoms with Crippen molar-refractivity contribution in [2.45, 2.75) is 0 Å². The van der Waals surface area contributed by atoms with Gasteiger partial charge < -0.3 is 4.74 Å². The predicted molar refractivity (Wildman–Crippen MR) is 79.6 cm³/mol. The fourth-order valence-corrected chi connectivity index (χ4v) is 2.73. The van der Waals surface area contributed by atoms with Crippen LogP contribution in [0, 0.1) is 0 Å². The SMILES string of the molecule is Clc1cccc2c1C=C(CBr)c1ccccc1O2. The molecule has 1 aliphatic rings. The average Bonchev–Trinajstić information content (AvgIpc) is 2.55. The molecule has 1 aliphatic heterocycles. The van der Waals surface area contributed by atoms with Crippen molar-refractivity contribution in [2.75, 3.05) is 5.33 Å². The number of benzene rings is 2. The maximum Gasteiger partial charge on any atom is 0.136 e. The maximum atomic E-state index is 6.24. The molecule has 90 valence electrons. The van der Waals surface area contributed by atoms with Gasteiger partial charge in [-0.3, -0.25) is 0 Å². The molecule has 1 heterocycles. The van der Waals surface area contributed by atoms with Crippen LogP contribution in [-0.4, -0.2) is 5.33 Å². The van der Waals surface area contributed by atoms with Crippen molar-refractivity contribution in [3.8, 4) is 11.5 Å². The number of hydrogen-bond acceptors (Lipinski definition) is 1. The number of fused-ring (bicyclic) bond motifs is 2. The Balaban J connectivity index is 2.28. The van der Waals surface area contributed by atoms with Crippen LogP contribution >= 0.6 is 27.5 Å². The summed E-state index contributed by atoms with van der Waals surface area (Å²) < 4.78 is 5.96. The molecule has 0 aromatic heterocycles. The van der Waals surface area contributed by atoms with Gasteiger partial charge in [-0.2, -0.15) is 0 Å². The maximum absolute atomic E-state index is 6.24. The Bertz CT molecular complexity index is 634. The second-order valence-corrected chi connectivity index (χ2v) is 5.02. The number of para-hydroxylation sites is 1. The van der Waals surface area contributed by atoms with Crippen LogP contribution in [0.25, 0.3) is 11.6 Å². The Morgan fingerprint density at radius 2 is 1.78 bits per heavy atom. The Morgan fingerprint density at radius 3 is 2.61 bits per heavy atom. The van der Waals surface area contributed by atoms with Crippen molar-refractivity contribution in [3.63, 3.8) is 0 Å². The molecule has 2 aromatic rings. The zero-order valence-electron chi connectivity index (χ0n) is 9.49. The third-order valence-corrected chi connectivity index (χ3v) is 3.86. The Kier molecular flexibility index (Phi) is 3.14. The third-order valence-electron chi connectivity index (χ3n) is 2.93. The average molecular weight is 322 g/mol. The molecule has 0 amide bonds. The summed E-state index contributed by atoms with van der Waals surface area (Å²) in [6.45, 7) is 0. The van der Waals surface area contributed by atoms with Crippen LogP contribution < -0.4 is 4.74 Å². The van der Waals surface area contributed by atoms with E-state index in [1.165, 1.54) is 0 Å². The van der Waals surface area contributed by atoms with E-state index in [1.54, 1.807) is 0 Å². The Hall–Kier alpha value is -1.25. The molecular formula is C15H10BrClO. The fraction of sp³-hybridized carbons (Fsp3) is 0.0667. The van der Waals surface area contributed by atoms with Gasteiger partial charge in [0, 0.05) is 16.5 Å². The van der Waals surface area contributed by atoms with Crippen LogP contribution in [0.1, 0.15) is 11.1 Å². The van der Waals surface area contributed by atoms with Gasteiger partial charge in [0.15, 0.2) is 0 Å². The van der Waals surface area contributed by atoms with E-state index in [0.29, 0.717) is 5.02 Å². The number of halogens is 2. The topological polar surface area (TPSA) is 9.23 Å². The molecule has 3 heteroatoms. The lowest BCUT2D eigenvalue weighted by molar-refractivity contribution is 0.481. The van der Waals surface area contributed by atoms with E-state index in [1.807, 2.05) is 36.4 Å². The largest absolute Gasteiger partial charge is 0.456 e. The van der Waals surface area contributed by atoms with Gasteiger partial charge in [-0.25, -0.2) is 0 Å². The molecule has 0 unspecified atom stereocenters.